The van der Waals surface area contributed by atoms with Crippen molar-refractivity contribution in [2.75, 3.05) is 6.61 Å². The van der Waals surface area contributed by atoms with Crippen molar-refractivity contribution in [1.82, 2.24) is 4.98 Å². The van der Waals surface area contributed by atoms with Crippen molar-refractivity contribution in [2.45, 2.75) is 83.7 Å². The van der Waals surface area contributed by atoms with Gasteiger partial charge in [0.15, 0.2) is 11.6 Å². The molecule has 0 N–H and O–H groups in total. The number of rotatable bonds is 6. The predicted octanol–water partition coefficient (Wildman–Crippen LogP) is 7.98. The second kappa shape index (κ2) is 10.2. The quantitative estimate of drug-likeness (QED) is 0.466. The van der Waals surface area contributed by atoms with E-state index in [4.69, 9.17) is 4.74 Å². The fourth-order valence-corrected chi connectivity index (χ4v) is 5.42. The molecule has 4 rings (SSSR count). The molecule has 4 heteroatoms. The molecule has 0 bridgehead atoms. The van der Waals surface area contributed by atoms with Crippen LogP contribution in [0.15, 0.2) is 30.5 Å². The van der Waals surface area contributed by atoms with Gasteiger partial charge in [-0.3, -0.25) is 4.98 Å². The third-order valence-corrected chi connectivity index (χ3v) is 7.48. The molecule has 1 aromatic carbocycles. The lowest BCUT2D eigenvalue weighted by atomic mass is 9.77. The van der Waals surface area contributed by atoms with Gasteiger partial charge in [-0.15, -0.1) is 0 Å². The van der Waals surface area contributed by atoms with Gasteiger partial charge in [-0.25, -0.2) is 8.78 Å². The Balaban J connectivity index is 1.45. The second-order valence-electron chi connectivity index (χ2n) is 9.49. The number of pyridine rings is 1. The third kappa shape index (κ3) is 5.00. The minimum absolute atomic E-state index is 0.0527. The van der Waals surface area contributed by atoms with E-state index in [1.54, 1.807) is 24.4 Å². The van der Waals surface area contributed by atoms with Crippen molar-refractivity contribution >= 4 is 0 Å². The molecule has 2 heterocycles. The minimum Gasteiger partial charge on any atom is -0.373 e. The van der Waals surface area contributed by atoms with Crippen LogP contribution < -0.4 is 0 Å². The van der Waals surface area contributed by atoms with Gasteiger partial charge >= 0.3 is 0 Å². The van der Waals surface area contributed by atoms with Gasteiger partial charge in [-0.05, 0) is 86.0 Å². The molecule has 2 aliphatic rings. The van der Waals surface area contributed by atoms with Crippen LogP contribution in [0.5, 0.6) is 0 Å². The SMILES string of the molecule is CCCC1CCC(c2ccc(-c3ccc(C4CCC(CC)CC4)c(F)c3F)nc2)OC1. The van der Waals surface area contributed by atoms with Crippen LogP contribution in [0.3, 0.4) is 0 Å². The van der Waals surface area contributed by atoms with E-state index in [1.807, 2.05) is 6.07 Å². The Hall–Kier alpha value is -1.81. The van der Waals surface area contributed by atoms with Crippen LogP contribution in [0.4, 0.5) is 8.78 Å². The summed E-state index contributed by atoms with van der Waals surface area (Å²) in [5, 5.41) is 0. The van der Waals surface area contributed by atoms with Crippen molar-refractivity contribution in [2.24, 2.45) is 11.8 Å². The summed E-state index contributed by atoms with van der Waals surface area (Å²) in [7, 11) is 0. The van der Waals surface area contributed by atoms with Gasteiger partial charge in [0.2, 0.25) is 0 Å². The molecule has 2 nitrogen and oxygen atoms in total. The Kier molecular flexibility index (Phi) is 7.37. The maximum absolute atomic E-state index is 15.0. The van der Waals surface area contributed by atoms with Crippen molar-refractivity contribution in [3.63, 3.8) is 0 Å². The van der Waals surface area contributed by atoms with Crippen molar-refractivity contribution in [3.8, 4) is 11.3 Å². The zero-order valence-corrected chi connectivity index (χ0v) is 18.9. The molecular weight excluding hydrogens is 392 g/mol. The largest absolute Gasteiger partial charge is 0.373 e. The van der Waals surface area contributed by atoms with Gasteiger partial charge in [0.05, 0.1) is 18.4 Å². The average molecular weight is 428 g/mol. The molecule has 1 saturated heterocycles. The Morgan fingerprint density at radius 1 is 0.903 bits per heavy atom. The van der Waals surface area contributed by atoms with Crippen LogP contribution in [0, 0.1) is 23.5 Å². The molecule has 1 aliphatic carbocycles. The standard InChI is InChI=1S/C27H35F2NO/c1-3-5-19-8-15-25(31-17-19)21-11-14-24(30-16-21)23-13-12-22(26(28)27(23)29)20-9-6-18(4-2)7-10-20/h11-14,16,18-20,25H,3-10,15,17H2,1-2H3. The molecule has 0 spiro atoms. The summed E-state index contributed by atoms with van der Waals surface area (Å²) in [5.41, 5.74) is 2.26. The summed E-state index contributed by atoms with van der Waals surface area (Å²) < 4.78 is 36.0. The molecule has 2 fully saturated rings. The van der Waals surface area contributed by atoms with E-state index in [9.17, 15) is 8.78 Å². The lowest BCUT2D eigenvalue weighted by molar-refractivity contribution is -0.0196. The van der Waals surface area contributed by atoms with Gasteiger partial charge in [0, 0.05) is 11.8 Å². The first-order chi connectivity index (χ1) is 15.1. The van der Waals surface area contributed by atoms with E-state index in [2.05, 4.69) is 18.8 Å². The van der Waals surface area contributed by atoms with Crippen LogP contribution in [0.25, 0.3) is 11.3 Å². The van der Waals surface area contributed by atoms with E-state index in [0.717, 1.165) is 50.2 Å². The molecule has 1 aromatic heterocycles. The van der Waals surface area contributed by atoms with Gasteiger partial charge < -0.3 is 4.74 Å². The molecular formula is C27H35F2NO. The number of hydrogen-bond acceptors (Lipinski definition) is 2. The Morgan fingerprint density at radius 3 is 2.29 bits per heavy atom. The van der Waals surface area contributed by atoms with Crippen molar-refractivity contribution in [1.29, 1.82) is 0 Å². The van der Waals surface area contributed by atoms with Gasteiger partial charge in [-0.1, -0.05) is 38.8 Å². The Morgan fingerprint density at radius 2 is 1.68 bits per heavy atom. The number of benzene rings is 1. The van der Waals surface area contributed by atoms with Crippen LogP contribution in [-0.4, -0.2) is 11.6 Å². The van der Waals surface area contributed by atoms with Crippen LogP contribution in [0.1, 0.15) is 94.8 Å². The summed E-state index contributed by atoms with van der Waals surface area (Å²) in [4.78, 5) is 4.46. The molecule has 0 amide bonds. The number of hydrogen-bond donors (Lipinski definition) is 0. The maximum Gasteiger partial charge on any atom is 0.168 e. The van der Waals surface area contributed by atoms with Crippen LogP contribution in [0.2, 0.25) is 0 Å². The summed E-state index contributed by atoms with van der Waals surface area (Å²) >= 11 is 0. The summed E-state index contributed by atoms with van der Waals surface area (Å²) in [6, 6.07) is 7.22. The fourth-order valence-electron chi connectivity index (χ4n) is 5.42. The van der Waals surface area contributed by atoms with Gasteiger partial charge in [0.1, 0.15) is 0 Å². The summed E-state index contributed by atoms with van der Waals surface area (Å²) in [6.07, 6.45) is 11.7. The van der Waals surface area contributed by atoms with Crippen LogP contribution in [-0.2, 0) is 4.74 Å². The maximum atomic E-state index is 15.0. The molecule has 1 saturated carbocycles. The fraction of sp³-hybridized carbons (Fsp3) is 0.593. The first-order valence-electron chi connectivity index (χ1n) is 12.2. The zero-order chi connectivity index (χ0) is 21.8. The number of halogens is 2. The highest BCUT2D eigenvalue weighted by atomic mass is 19.2. The average Bonchev–Trinajstić information content (AvgIpc) is 2.82. The Bertz CT molecular complexity index is 850. The van der Waals surface area contributed by atoms with E-state index in [1.165, 1.54) is 25.7 Å². The highest BCUT2D eigenvalue weighted by Gasteiger charge is 2.27. The monoisotopic (exact) mass is 427 g/mol. The molecule has 0 radical (unpaired) electrons. The highest BCUT2D eigenvalue weighted by Crippen LogP contribution is 2.40. The number of aromatic nitrogens is 1. The molecule has 168 valence electrons. The molecule has 2 aromatic rings. The smallest absolute Gasteiger partial charge is 0.168 e. The van der Waals surface area contributed by atoms with Crippen molar-refractivity contribution < 1.29 is 13.5 Å². The minimum atomic E-state index is -0.772. The summed E-state index contributed by atoms with van der Waals surface area (Å²) in [6.45, 7) is 5.21. The second-order valence-corrected chi connectivity index (χ2v) is 9.49. The first kappa shape index (κ1) is 22.4. The van der Waals surface area contributed by atoms with Crippen LogP contribution >= 0.6 is 0 Å². The highest BCUT2D eigenvalue weighted by molar-refractivity contribution is 5.61. The molecule has 31 heavy (non-hydrogen) atoms. The molecule has 2 atom stereocenters. The van der Waals surface area contributed by atoms with Crippen molar-refractivity contribution in [3.05, 3.63) is 53.2 Å². The number of nitrogens with zero attached hydrogens (tertiary/aromatic N) is 1. The zero-order valence-electron chi connectivity index (χ0n) is 18.9. The first-order valence-corrected chi connectivity index (χ1v) is 12.2. The molecule has 1 aliphatic heterocycles. The third-order valence-electron chi connectivity index (χ3n) is 7.48. The lowest BCUT2D eigenvalue weighted by Gasteiger charge is -2.29. The topological polar surface area (TPSA) is 22.1 Å². The Labute approximate surface area is 185 Å². The van der Waals surface area contributed by atoms with E-state index >= 15 is 0 Å². The van der Waals surface area contributed by atoms with E-state index < -0.39 is 11.6 Å². The number of ether oxygens (including phenoxy) is 1. The molecule has 2 unspecified atom stereocenters. The van der Waals surface area contributed by atoms with Gasteiger partial charge in [-0.2, -0.15) is 0 Å². The lowest BCUT2D eigenvalue weighted by Crippen LogP contribution is -2.20. The van der Waals surface area contributed by atoms with E-state index in [0.29, 0.717) is 17.2 Å². The van der Waals surface area contributed by atoms with E-state index in [-0.39, 0.29) is 17.6 Å². The normalized spacial score (nSPS) is 26.7. The predicted molar refractivity (Wildman–Crippen MR) is 121 cm³/mol. The summed E-state index contributed by atoms with van der Waals surface area (Å²) in [5.74, 6) is 0.0483. The van der Waals surface area contributed by atoms with Gasteiger partial charge in [0.25, 0.3) is 0 Å².